The van der Waals surface area contributed by atoms with E-state index in [0.29, 0.717) is 5.57 Å². The summed E-state index contributed by atoms with van der Waals surface area (Å²) in [7, 11) is 4.00. The van der Waals surface area contributed by atoms with Gasteiger partial charge in [-0.3, -0.25) is 4.79 Å². The smallest absolute Gasteiger partial charge is 0.256 e. The van der Waals surface area contributed by atoms with Crippen molar-refractivity contribution in [1.82, 2.24) is 0 Å². The highest BCUT2D eigenvalue weighted by Crippen LogP contribution is 2.34. The predicted octanol–water partition coefficient (Wildman–Crippen LogP) is 3.51. The second kappa shape index (κ2) is 6.01. The molecule has 1 heterocycles. The average Bonchev–Trinajstić information content (AvgIpc) is 2.83. The van der Waals surface area contributed by atoms with Crippen LogP contribution in [0.5, 0.6) is 5.75 Å². The molecule has 0 aliphatic carbocycles. The summed E-state index contributed by atoms with van der Waals surface area (Å²) in [6, 6.07) is 13.0. The summed E-state index contributed by atoms with van der Waals surface area (Å²) in [6.07, 6.45) is 5.56. The van der Waals surface area contributed by atoms with Crippen LogP contribution in [0.15, 0.2) is 54.6 Å². The average molecular weight is 306 g/mol. The van der Waals surface area contributed by atoms with E-state index in [9.17, 15) is 9.90 Å². The van der Waals surface area contributed by atoms with Gasteiger partial charge in [-0.05, 0) is 42.0 Å². The Morgan fingerprint density at radius 2 is 1.83 bits per heavy atom. The molecular formula is C19H18N2O2. The van der Waals surface area contributed by atoms with Gasteiger partial charge in [0.1, 0.15) is 5.75 Å². The third-order valence-corrected chi connectivity index (χ3v) is 3.75. The number of allylic oxidation sites excluding steroid dienone is 2. The van der Waals surface area contributed by atoms with E-state index in [1.165, 1.54) is 0 Å². The molecule has 2 aromatic carbocycles. The molecule has 1 aliphatic heterocycles. The number of aromatic hydroxyl groups is 1. The topological polar surface area (TPSA) is 52.6 Å². The van der Waals surface area contributed by atoms with Gasteiger partial charge in [0.25, 0.3) is 5.91 Å². The maximum absolute atomic E-state index is 12.0. The number of anilines is 2. The highest BCUT2D eigenvalue weighted by atomic mass is 16.3. The number of hydrogen-bond donors (Lipinski definition) is 2. The van der Waals surface area contributed by atoms with Crippen LogP contribution in [0, 0.1) is 0 Å². The summed E-state index contributed by atoms with van der Waals surface area (Å²) >= 11 is 0. The fourth-order valence-electron chi connectivity index (χ4n) is 2.48. The molecule has 0 unspecified atom stereocenters. The Morgan fingerprint density at radius 3 is 2.52 bits per heavy atom. The molecule has 1 amide bonds. The number of carbonyl (C=O) groups is 1. The lowest BCUT2D eigenvalue weighted by Gasteiger charge is -2.11. The molecule has 0 fully saturated rings. The number of fused-ring (bicyclic) bond motifs is 1. The highest BCUT2D eigenvalue weighted by molar-refractivity contribution is 6.31. The number of nitrogens with one attached hydrogen (secondary N) is 1. The molecule has 23 heavy (non-hydrogen) atoms. The van der Waals surface area contributed by atoms with Gasteiger partial charge in [-0.2, -0.15) is 0 Å². The molecule has 4 nitrogen and oxygen atoms in total. The zero-order valence-corrected chi connectivity index (χ0v) is 13.1. The summed E-state index contributed by atoms with van der Waals surface area (Å²) < 4.78 is 0. The van der Waals surface area contributed by atoms with Crippen molar-refractivity contribution >= 4 is 28.9 Å². The number of rotatable bonds is 3. The van der Waals surface area contributed by atoms with E-state index in [0.717, 1.165) is 22.5 Å². The zero-order chi connectivity index (χ0) is 16.4. The molecular weight excluding hydrogens is 288 g/mol. The van der Waals surface area contributed by atoms with Crippen molar-refractivity contribution < 1.29 is 9.90 Å². The third kappa shape index (κ3) is 3.11. The largest absolute Gasteiger partial charge is 0.508 e. The van der Waals surface area contributed by atoms with Crippen LogP contribution < -0.4 is 10.2 Å². The Bertz CT molecular complexity index is 803. The molecule has 116 valence electrons. The second-order valence-corrected chi connectivity index (χ2v) is 5.61. The van der Waals surface area contributed by atoms with Gasteiger partial charge < -0.3 is 15.3 Å². The van der Waals surface area contributed by atoms with Crippen LogP contribution in [-0.4, -0.2) is 25.1 Å². The number of amides is 1. The Kier molecular flexibility index (Phi) is 3.89. The van der Waals surface area contributed by atoms with E-state index < -0.39 is 0 Å². The Labute approximate surface area is 135 Å². The van der Waals surface area contributed by atoms with Crippen molar-refractivity contribution in [2.45, 2.75) is 0 Å². The van der Waals surface area contributed by atoms with Crippen molar-refractivity contribution in [3.05, 3.63) is 65.7 Å². The summed E-state index contributed by atoms with van der Waals surface area (Å²) in [5.41, 5.74) is 4.20. The van der Waals surface area contributed by atoms with Gasteiger partial charge in [0, 0.05) is 36.6 Å². The summed E-state index contributed by atoms with van der Waals surface area (Å²) in [6.45, 7) is 0. The maximum Gasteiger partial charge on any atom is 0.256 e. The lowest BCUT2D eigenvalue weighted by molar-refractivity contribution is -0.110. The number of hydrogen-bond acceptors (Lipinski definition) is 3. The van der Waals surface area contributed by atoms with E-state index in [4.69, 9.17) is 0 Å². The standard InChI is InChI=1S/C19H18N2O2/c1-21(2)14-8-6-13(7-9-14)4-3-5-16-17-12-15(22)10-11-18(17)20-19(16)23/h3-12,22H,1-2H3,(H,20,23)/b4-3+,16-5-. The van der Waals surface area contributed by atoms with Gasteiger partial charge in [-0.15, -0.1) is 0 Å². The lowest BCUT2D eigenvalue weighted by Crippen LogP contribution is -2.07. The van der Waals surface area contributed by atoms with Gasteiger partial charge in [0.2, 0.25) is 0 Å². The molecule has 0 spiro atoms. The number of phenols is 1. The molecule has 3 rings (SSSR count). The van der Waals surface area contributed by atoms with Crippen LogP contribution in [-0.2, 0) is 4.79 Å². The SMILES string of the molecule is CN(C)c1ccc(/C=C/C=C2\C(=O)Nc3ccc(O)cc32)cc1. The molecule has 0 bridgehead atoms. The van der Waals surface area contributed by atoms with Crippen molar-refractivity contribution in [1.29, 1.82) is 0 Å². The maximum atomic E-state index is 12.0. The molecule has 0 radical (unpaired) electrons. The second-order valence-electron chi connectivity index (χ2n) is 5.61. The number of nitrogens with zero attached hydrogens (tertiary/aromatic N) is 1. The van der Waals surface area contributed by atoms with E-state index in [-0.39, 0.29) is 11.7 Å². The normalized spacial score (nSPS) is 15.0. The van der Waals surface area contributed by atoms with Crippen molar-refractivity contribution in [3.8, 4) is 5.75 Å². The first-order valence-corrected chi connectivity index (χ1v) is 7.35. The lowest BCUT2D eigenvalue weighted by atomic mass is 10.1. The van der Waals surface area contributed by atoms with Crippen LogP contribution in [0.4, 0.5) is 11.4 Å². The van der Waals surface area contributed by atoms with Crippen LogP contribution in [0.2, 0.25) is 0 Å². The number of phenolic OH excluding ortho intramolecular Hbond substituents is 1. The van der Waals surface area contributed by atoms with Crippen LogP contribution >= 0.6 is 0 Å². The molecule has 0 saturated heterocycles. The van der Waals surface area contributed by atoms with Gasteiger partial charge in [-0.25, -0.2) is 0 Å². The predicted molar refractivity (Wildman–Crippen MR) is 94.5 cm³/mol. The third-order valence-electron chi connectivity index (χ3n) is 3.75. The van der Waals surface area contributed by atoms with Crippen molar-refractivity contribution in [3.63, 3.8) is 0 Å². The van der Waals surface area contributed by atoms with Gasteiger partial charge >= 0.3 is 0 Å². The van der Waals surface area contributed by atoms with Crippen molar-refractivity contribution in [2.75, 3.05) is 24.3 Å². The Balaban J connectivity index is 1.83. The van der Waals surface area contributed by atoms with E-state index in [2.05, 4.69) is 5.32 Å². The molecule has 0 atom stereocenters. The van der Waals surface area contributed by atoms with Crippen molar-refractivity contribution in [2.24, 2.45) is 0 Å². The fourth-order valence-corrected chi connectivity index (χ4v) is 2.48. The van der Waals surface area contributed by atoms with Gasteiger partial charge in [0.15, 0.2) is 0 Å². The summed E-state index contributed by atoms with van der Waals surface area (Å²) in [5.74, 6) is -0.00684. The zero-order valence-electron chi connectivity index (χ0n) is 13.1. The molecule has 1 aliphatic rings. The van der Waals surface area contributed by atoms with Crippen LogP contribution in [0.3, 0.4) is 0 Å². The molecule has 4 heteroatoms. The minimum Gasteiger partial charge on any atom is -0.508 e. The van der Waals surface area contributed by atoms with E-state index in [1.54, 1.807) is 24.3 Å². The highest BCUT2D eigenvalue weighted by Gasteiger charge is 2.23. The Hall–Kier alpha value is -3.01. The van der Waals surface area contributed by atoms with Crippen LogP contribution in [0.25, 0.3) is 11.6 Å². The monoisotopic (exact) mass is 306 g/mol. The summed E-state index contributed by atoms with van der Waals surface area (Å²) in [5, 5.41) is 12.4. The molecule has 0 aromatic heterocycles. The van der Waals surface area contributed by atoms with Gasteiger partial charge in [-0.1, -0.05) is 24.3 Å². The van der Waals surface area contributed by atoms with Gasteiger partial charge in [0.05, 0.1) is 0 Å². The first-order chi connectivity index (χ1) is 11.0. The summed E-state index contributed by atoms with van der Waals surface area (Å²) in [4.78, 5) is 14.0. The number of benzene rings is 2. The molecule has 0 saturated carbocycles. The quantitative estimate of drug-likeness (QED) is 0.674. The van der Waals surface area contributed by atoms with Crippen LogP contribution in [0.1, 0.15) is 11.1 Å². The Morgan fingerprint density at radius 1 is 1.09 bits per heavy atom. The minimum absolute atomic E-state index is 0.148. The first-order valence-electron chi connectivity index (χ1n) is 7.35. The molecule has 2 N–H and O–H groups in total. The van der Waals surface area contributed by atoms with E-state index in [1.807, 2.05) is 55.4 Å². The molecule has 2 aromatic rings. The fraction of sp³-hybridized carbons (Fsp3) is 0.105. The minimum atomic E-state index is -0.154. The number of carbonyl (C=O) groups excluding carboxylic acids is 1. The first kappa shape index (κ1) is 14.9. The van der Waals surface area contributed by atoms with E-state index >= 15 is 0 Å².